The van der Waals surface area contributed by atoms with E-state index < -0.39 is 0 Å². The summed E-state index contributed by atoms with van der Waals surface area (Å²) < 4.78 is 0. The van der Waals surface area contributed by atoms with Gasteiger partial charge in [0.25, 0.3) is 0 Å². The van der Waals surface area contributed by atoms with E-state index in [2.05, 4.69) is 5.32 Å². The van der Waals surface area contributed by atoms with Gasteiger partial charge in [-0.1, -0.05) is 31.2 Å². The largest absolute Gasteiger partial charge is 0.308 e. The quantitative estimate of drug-likeness (QED) is 0.802. The van der Waals surface area contributed by atoms with Crippen LogP contribution in [-0.4, -0.2) is 18.4 Å². The molecule has 0 bridgehead atoms. The molecule has 0 amide bonds. The van der Waals surface area contributed by atoms with E-state index in [1.807, 2.05) is 45.0 Å². The number of nitrogens with one attached hydrogen (secondary N) is 1. The maximum Gasteiger partial charge on any atom is 0.179 e. The molecule has 0 aromatic heterocycles. The molecule has 1 N–H and O–H groups in total. The molecule has 0 aliphatic heterocycles. The van der Waals surface area contributed by atoms with Gasteiger partial charge in [-0.25, -0.2) is 0 Å². The second-order valence-corrected chi connectivity index (χ2v) is 3.46. The summed E-state index contributed by atoms with van der Waals surface area (Å²) in [6, 6.07) is 7.60. The number of carbonyl (C=O) groups is 1. The van der Waals surface area contributed by atoms with Crippen LogP contribution in [0.2, 0.25) is 0 Å². The van der Waals surface area contributed by atoms with Gasteiger partial charge in [0.05, 0.1) is 6.04 Å². The fourth-order valence-electron chi connectivity index (χ4n) is 1.48. The molecular weight excluding hydrogens is 210 g/mol. The SMILES string of the molecule is CCNC(C)C(=O)c1ccccc1C.Cl. The van der Waals surface area contributed by atoms with Crippen LogP contribution in [0.15, 0.2) is 24.3 Å². The van der Waals surface area contributed by atoms with E-state index in [1.165, 1.54) is 0 Å². The standard InChI is InChI=1S/C12H17NO.ClH/c1-4-13-10(3)12(14)11-8-6-5-7-9(11)2;/h5-8,10,13H,4H2,1-3H3;1H. The minimum Gasteiger partial charge on any atom is -0.308 e. The first-order valence-electron chi connectivity index (χ1n) is 5.00. The van der Waals surface area contributed by atoms with Gasteiger partial charge < -0.3 is 5.32 Å². The van der Waals surface area contributed by atoms with Crippen LogP contribution in [0.25, 0.3) is 0 Å². The van der Waals surface area contributed by atoms with Crippen LogP contribution in [0.4, 0.5) is 0 Å². The predicted molar refractivity (Wildman–Crippen MR) is 65.9 cm³/mol. The molecule has 15 heavy (non-hydrogen) atoms. The zero-order chi connectivity index (χ0) is 10.6. The Balaban J connectivity index is 0.00000196. The molecule has 0 saturated carbocycles. The van der Waals surface area contributed by atoms with Crippen LogP contribution in [0, 0.1) is 6.92 Å². The van der Waals surface area contributed by atoms with Gasteiger partial charge in [0.1, 0.15) is 0 Å². The number of Topliss-reactive ketones (excluding diaryl/α,β-unsaturated/α-hetero) is 1. The minimum atomic E-state index is -0.0962. The van der Waals surface area contributed by atoms with Crippen molar-refractivity contribution in [1.29, 1.82) is 0 Å². The molecule has 1 rings (SSSR count). The Labute approximate surface area is 97.5 Å². The number of carbonyl (C=O) groups excluding carboxylic acids is 1. The first-order chi connectivity index (χ1) is 6.66. The average Bonchev–Trinajstić information content (AvgIpc) is 2.18. The lowest BCUT2D eigenvalue weighted by Crippen LogP contribution is -2.34. The van der Waals surface area contributed by atoms with Gasteiger partial charge in [0.15, 0.2) is 5.78 Å². The first-order valence-corrected chi connectivity index (χ1v) is 5.00. The van der Waals surface area contributed by atoms with Crippen molar-refractivity contribution in [1.82, 2.24) is 5.32 Å². The third-order valence-corrected chi connectivity index (χ3v) is 2.31. The normalized spacial score (nSPS) is 11.7. The maximum absolute atomic E-state index is 11.9. The summed E-state index contributed by atoms with van der Waals surface area (Å²) in [6.45, 7) is 6.69. The summed E-state index contributed by atoms with van der Waals surface area (Å²) in [5.41, 5.74) is 1.86. The van der Waals surface area contributed by atoms with E-state index in [9.17, 15) is 4.79 Å². The van der Waals surface area contributed by atoms with Gasteiger partial charge in [0.2, 0.25) is 0 Å². The van der Waals surface area contributed by atoms with Gasteiger partial charge in [-0.05, 0) is 26.0 Å². The topological polar surface area (TPSA) is 29.1 Å². The molecule has 0 fully saturated rings. The van der Waals surface area contributed by atoms with E-state index >= 15 is 0 Å². The summed E-state index contributed by atoms with van der Waals surface area (Å²) in [6.07, 6.45) is 0. The van der Waals surface area contributed by atoms with Gasteiger partial charge in [0, 0.05) is 5.56 Å². The Morgan fingerprint density at radius 1 is 1.40 bits per heavy atom. The summed E-state index contributed by atoms with van der Waals surface area (Å²) in [5.74, 6) is 0.171. The average molecular weight is 228 g/mol. The molecule has 1 unspecified atom stereocenters. The van der Waals surface area contributed by atoms with Crippen LogP contribution in [-0.2, 0) is 0 Å². The lowest BCUT2D eigenvalue weighted by molar-refractivity contribution is 0.0951. The van der Waals surface area contributed by atoms with Crippen molar-refractivity contribution < 1.29 is 4.79 Å². The number of hydrogen-bond donors (Lipinski definition) is 1. The zero-order valence-corrected chi connectivity index (χ0v) is 10.2. The summed E-state index contributed by atoms with van der Waals surface area (Å²) >= 11 is 0. The third kappa shape index (κ3) is 3.65. The number of ketones is 1. The van der Waals surface area contributed by atoms with E-state index in [0.717, 1.165) is 17.7 Å². The lowest BCUT2D eigenvalue weighted by Gasteiger charge is -2.12. The Kier molecular flexibility index (Phi) is 6.21. The van der Waals surface area contributed by atoms with Crippen LogP contribution in [0.1, 0.15) is 29.8 Å². The van der Waals surface area contributed by atoms with Crippen LogP contribution in [0.3, 0.4) is 0 Å². The molecule has 0 radical (unpaired) electrons. The van der Waals surface area contributed by atoms with Crippen molar-refractivity contribution in [2.75, 3.05) is 6.54 Å². The van der Waals surface area contributed by atoms with Crippen molar-refractivity contribution in [3.63, 3.8) is 0 Å². The minimum absolute atomic E-state index is 0. The highest BCUT2D eigenvalue weighted by Gasteiger charge is 2.14. The molecule has 0 heterocycles. The predicted octanol–water partition coefficient (Wildman–Crippen LogP) is 2.60. The number of hydrogen-bond acceptors (Lipinski definition) is 2. The Bertz CT molecular complexity index is 325. The molecular formula is C12H18ClNO. The van der Waals surface area contributed by atoms with E-state index in [1.54, 1.807) is 0 Å². The van der Waals surface area contributed by atoms with Crippen molar-refractivity contribution >= 4 is 18.2 Å². The lowest BCUT2D eigenvalue weighted by atomic mass is 10.0. The zero-order valence-electron chi connectivity index (χ0n) is 9.41. The molecule has 0 aliphatic carbocycles. The number of halogens is 1. The molecule has 84 valence electrons. The number of likely N-dealkylation sites (N-methyl/N-ethyl adjacent to an activating group) is 1. The molecule has 1 atom stereocenters. The van der Waals surface area contributed by atoms with Crippen molar-refractivity contribution in [2.24, 2.45) is 0 Å². The Hall–Kier alpha value is -0.860. The van der Waals surface area contributed by atoms with Crippen molar-refractivity contribution in [3.8, 4) is 0 Å². The number of rotatable bonds is 4. The van der Waals surface area contributed by atoms with Crippen molar-refractivity contribution in [3.05, 3.63) is 35.4 Å². The summed E-state index contributed by atoms with van der Waals surface area (Å²) in [5, 5.41) is 3.12. The van der Waals surface area contributed by atoms with Gasteiger partial charge >= 0.3 is 0 Å². The number of aryl methyl sites for hydroxylation is 1. The highest BCUT2D eigenvalue weighted by Crippen LogP contribution is 2.09. The molecule has 1 aromatic rings. The second kappa shape index (κ2) is 6.59. The van der Waals surface area contributed by atoms with E-state index in [-0.39, 0.29) is 24.2 Å². The molecule has 0 aliphatic rings. The maximum atomic E-state index is 11.9. The second-order valence-electron chi connectivity index (χ2n) is 3.46. The van der Waals surface area contributed by atoms with Gasteiger partial charge in [-0.15, -0.1) is 12.4 Å². The fraction of sp³-hybridized carbons (Fsp3) is 0.417. The van der Waals surface area contributed by atoms with Crippen molar-refractivity contribution in [2.45, 2.75) is 26.8 Å². The van der Waals surface area contributed by atoms with Gasteiger partial charge in [-0.2, -0.15) is 0 Å². The highest BCUT2D eigenvalue weighted by molar-refractivity contribution is 6.01. The van der Waals surface area contributed by atoms with Crippen LogP contribution >= 0.6 is 12.4 Å². The monoisotopic (exact) mass is 227 g/mol. The Morgan fingerprint density at radius 3 is 2.53 bits per heavy atom. The van der Waals surface area contributed by atoms with E-state index in [0.29, 0.717) is 0 Å². The fourth-order valence-corrected chi connectivity index (χ4v) is 1.48. The highest BCUT2D eigenvalue weighted by atomic mass is 35.5. The summed E-state index contributed by atoms with van der Waals surface area (Å²) in [4.78, 5) is 11.9. The molecule has 0 saturated heterocycles. The van der Waals surface area contributed by atoms with E-state index in [4.69, 9.17) is 0 Å². The molecule has 3 heteroatoms. The third-order valence-electron chi connectivity index (χ3n) is 2.31. The molecule has 1 aromatic carbocycles. The summed E-state index contributed by atoms with van der Waals surface area (Å²) in [7, 11) is 0. The van der Waals surface area contributed by atoms with Gasteiger partial charge in [-0.3, -0.25) is 4.79 Å². The first kappa shape index (κ1) is 14.1. The number of benzene rings is 1. The molecule has 0 spiro atoms. The molecule has 2 nitrogen and oxygen atoms in total. The smallest absolute Gasteiger partial charge is 0.179 e. The van der Waals surface area contributed by atoms with Crippen LogP contribution < -0.4 is 5.32 Å². The van der Waals surface area contributed by atoms with Crippen LogP contribution in [0.5, 0.6) is 0 Å². The Morgan fingerprint density at radius 2 is 2.00 bits per heavy atom.